The van der Waals surface area contributed by atoms with Gasteiger partial charge in [0.15, 0.2) is 6.61 Å². The molecule has 1 amide bonds. The lowest BCUT2D eigenvalue weighted by Gasteiger charge is -2.26. The van der Waals surface area contributed by atoms with Crippen LogP contribution in [0.2, 0.25) is 0 Å². The highest BCUT2D eigenvalue weighted by molar-refractivity contribution is 7.10. The predicted octanol–water partition coefficient (Wildman–Crippen LogP) is 3.22. The second kappa shape index (κ2) is 7.33. The zero-order chi connectivity index (χ0) is 17.9. The number of esters is 1. The SMILES string of the molecule is O=C(CCn1ccc2ccccc21)OCC(=O)N1CCc2sccc2C1. The van der Waals surface area contributed by atoms with E-state index in [0.717, 1.165) is 17.3 Å². The Bertz CT molecular complexity index is 943. The quantitative estimate of drug-likeness (QED) is 0.650. The van der Waals surface area contributed by atoms with Gasteiger partial charge in [0.2, 0.25) is 0 Å². The summed E-state index contributed by atoms with van der Waals surface area (Å²) in [6.07, 6.45) is 3.10. The van der Waals surface area contributed by atoms with E-state index in [2.05, 4.69) is 11.4 Å². The number of aromatic nitrogens is 1. The number of aryl methyl sites for hydroxylation is 1. The van der Waals surface area contributed by atoms with Crippen molar-refractivity contribution in [1.29, 1.82) is 0 Å². The first-order valence-corrected chi connectivity index (χ1v) is 9.61. The van der Waals surface area contributed by atoms with Crippen LogP contribution in [0.15, 0.2) is 48.0 Å². The number of hydrogen-bond donors (Lipinski definition) is 0. The van der Waals surface area contributed by atoms with Crippen molar-refractivity contribution >= 4 is 34.1 Å². The molecule has 26 heavy (non-hydrogen) atoms. The van der Waals surface area contributed by atoms with E-state index in [0.29, 0.717) is 19.6 Å². The van der Waals surface area contributed by atoms with Gasteiger partial charge in [0.1, 0.15) is 0 Å². The van der Waals surface area contributed by atoms with E-state index < -0.39 is 0 Å². The normalized spacial score (nSPS) is 13.6. The summed E-state index contributed by atoms with van der Waals surface area (Å²) in [5, 5.41) is 3.21. The maximum absolute atomic E-state index is 12.3. The Morgan fingerprint density at radius 3 is 2.96 bits per heavy atom. The zero-order valence-corrected chi connectivity index (χ0v) is 15.2. The van der Waals surface area contributed by atoms with Crippen LogP contribution in [0.3, 0.4) is 0 Å². The summed E-state index contributed by atoms with van der Waals surface area (Å²) in [6.45, 7) is 1.68. The van der Waals surface area contributed by atoms with Gasteiger partial charge in [0, 0.05) is 36.2 Å². The van der Waals surface area contributed by atoms with Crippen LogP contribution in [0, 0.1) is 0 Å². The van der Waals surface area contributed by atoms with Gasteiger partial charge in [-0.05, 0) is 40.9 Å². The molecule has 0 saturated heterocycles. The molecule has 0 N–H and O–H groups in total. The first-order valence-electron chi connectivity index (χ1n) is 8.73. The third-order valence-electron chi connectivity index (χ3n) is 4.75. The fourth-order valence-electron chi connectivity index (χ4n) is 3.31. The molecule has 0 bridgehead atoms. The number of carbonyl (C=O) groups excluding carboxylic acids is 2. The highest BCUT2D eigenvalue weighted by Crippen LogP contribution is 2.24. The fraction of sp³-hybridized carbons (Fsp3) is 0.300. The monoisotopic (exact) mass is 368 g/mol. The molecule has 5 nitrogen and oxygen atoms in total. The Kier molecular flexibility index (Phi) is 4.75. The van der Waals surface area contributed by atoms with Gasteiger partial charge in [-0.1, -0.05) is 18.2 Å². The molecule has 0 spiro atoms. The molecule has 0 radical (unpaired) electrons. The minimum absolute atomic E-state index is 0.124. The highest BCUT2D eigenvalue weighted by Gasteiger charge is 2.22. The van der Waals surface area contributed by atoms with Crippen molar-refractivity contribution in [2.24, 2.45) is 0 Å². The summed E-state index contributed by atoms with van der Waals surface area (Å²) >= 11 is 1.74. The Morgan fingerprint density at radius 1 is 1.15 bits per heavy atom. The summed E-state index contributed by atoms with van der Waals surface area (Å²) in [5.74, 6) is -0.467. The van der Waals surface area contributed by atoms with Crippen molar-refractivity contribution in [3.63, 3.8) is 0 Å². The first kappa shape index (κ1) is 16.8. The third kappa shape index (κ3) is 3.51. The van der Waals surface area contributed by atoms with Crippen LogP contribution < -0.4 is 0 Å². The minimum Gasteiger partial charge on any atom is -0.456 e. The lowest BCUT2D eigenvalue weighted by atomic mass is 10.1. The molecule has 0 saturated carbocycles. The van der Waals surface area contributed by atoms with Crippen LogP contribution >= 0.6 is 11.3 Å². The number of amides is 1. The fourth-order valence-corrected chi connectivity index (χ4v) is 4.20. The lowest BCUT2D eigenvalue weighted by Crippen LogP contribution is -2.38. The van der Waals surface area contributed by atoms with Crippen LogP contribution in [0.1, 0.15) is 16.9 Å². The lowest BCUT2D eigenvalue weighted by molar-refractivity contribution is -0.152. The number of rotatable bonds is 5. The number of benzene rings is 1. The van der Waals surface area contributed by atoms with Gasteiger partial charge in [-0.3, -0.25) is 9.59 Å². The van der Waals surface area contributed by atoms with E-state index in [4.69, 9.17) is 4.74 Å². The van der Waals surface area contributed by atoms with Gasteiger partial charge < -0.3 is 14.2 Å². The van der Waals surface area contributed by atoms with Crippen molar-refractivity contribution in [2.75, 3.05) is 13.2 Å². The number of nitrogens with zero attached hydrogens (tertiary/aromatic N) is 2. The standard InChI is InChI=1S/C20H20N2O3S/c23-19(22-10-6-18-16(13-22)8-12-26-18)14-25-20(24)7-11-21-9-5-15-3-1-2-4-17(15)21/h1-5,8-9,12H,6-7,10-11,13-14H2. The summed E-state index contributed by atoms with van der Waals surface area (Å²) < 4.78 is 7.22. The predicted molar refractivity (Wildman–Crippen MR) is 101 cm³/mol. The smallest absolute Gasteiger partial charge is 0.308 e. The molecule has 134 valence electrons. The second-order valence-electron chi connectivity index (χ2n) is 6.41. The van der Waals surface area contributed by atoms with Gasteiger partial charge >= 0.3 is 5.97 Å². The molecule has 4 rings (SSSR count). The van der Waals surface area contributed by atoms with Crippen molar-refractivity contribution in [1.82, 2.24) is 9.47 Å². The van der Waals surface area contributed by atoms with Crippen LogP contribution in [-0.2, 0) is 33.8 Å². The average Bonchev–Trinajstić information content (AvgIpc) is 3.30. The number of fused-ring (bicyclic) bond motifs is 2. The molecular formula is C20H20N2O3S. The van der Waals surface area contributed by atoms with E-state index in [1.807, 2.05) is 41.1 Å². The summed E-state index contributed by atoms with van der Waals surface area (Å²) in [7, 11) is 0. The largest absolute Gasteiger partial charge is 0.456 e. The Balaban J connectivity index is 1.26. The molecule has 3 heterocycles. The van der Waals surface area contributed by atoms with Gasteiger partial charge in [0.05, 0.1) is 6.42 Å². The van der Waals surface area contributed by atoms with Gasteiger partial charge in [0.25, 0.3) is 5.91 Å². The molecule has 0 fully saturated rings. The zero-order valence-electron chi connectivity index (χ0n) is 14.4. The van der Waals surface area contributed by atoms with Gasteiger partial charge in [-0.25, -0.2) is 0 Å². The summed E-state index contributed by atoms with van der Waals surface area (Å²) in [4.78, 5) is 27.4. The Morgan fingerprint density at radius 2 is 2.04 bits per heavy atom. The molecule has 3 aromatic rings. The molecule has 0 atom stereocenters. The number of carbonyl (C=O) groups is 2. The third-order valence-corrected chi connectivity index (χ3v) is 5.78. The van der Waals surface area contributed by atoms with Crippen LogP contribution in [-0.4, -0.2) is 34.5 Å². The van der Waals surface area contributed by atoms with Crippen molar-refractivity contribution in [3.8, 4) is 0 Å². The van der Waals surface area contributed by atoms with E-state index in [1.165, 1.54) is 10.4 Å². The first-order chi connectivity index (χ1) is 12.7. The molecule has 1 aliphatic rings. The number of hydrogen-bond acceptors (Lipinski definition) is 4. The van der Waals surface area contributed by atoms with Crippen LogP contribution in [0.5, 0.6) is 0 Å². The molecule has 0 unspecified atom stereocenters. The van der Waals surface area contributed by atoms with Gasteiger partial charge in [-0.15, -0.1) is 11.3 Å². The van der Waals surface area contributed by atoms with Crippen molar-refractivity contribution in [3.05, 3.63) is 58.4 Å². The minimum atomic E-state index is -0.343. The number of para-hydroxylation sites is 1. The number of thiophene rings is 1. The maximum atomic E-state index is 12.3. The molecule has 2 aromatic heterocycles. The second-order valence-corrected chi connectivity index (χ2v) is 7.41. The topological polar surface area (TPSA) is 51.5 Å². The van der Waals surface area contributed by atoms with E-state index in [9.17, 15) is 9.59 Å². The summed E-state index contributed by atoms with van der Waals surface area (Å²) in [6, 6.07) is 12.1. The maximum Gasteiger partial charge on any atom is 0.308 e. The Labute approximate surface area is 155 Å². The number of ether oxygens (including phenoxy) is 1. The van der Waals surface area contributed by atoms with Crippen LogP contribution in [0.4, 0.5) is 0 Å². The van der Waals surface area contributed by atoms with Crippen LogP contribution in [0.25, 0.3) is 10.9 Å². The van der Waals surface area contributed by atoms with Gasteiger partial charge in [-0.2, -0.15) is 0 Å². The van der Waals surface area contributed by atoms with E-state index in [-0.39, 0.29) is 24.9 Å². The highest BCUT2D eigenvalue weighted by atomic mass is 32.1. The molecule has 6 heteroatoms. The van der Waals surface area contributed by atoms with Crippen molar-refractivity contribution in [2.45, 2.75) is 25.9 Å². The Hall–Kier alpha value is -2.60. The molecule has 0 aliphatic carbocycles. The summed E-state index contributed by atoms with van der Waals surface area (Å²) in [5.41, 5.74) is 2.30. The van der Waals surface area contributed by atoms with E-state index in [1.54, 1.807) is 16.2 Å². The molecule has 1 aromatic carbocycles. The molecule has 1 aliphatic heterocycles. The van der Waals surface area contributed by atoms with E-state index >= 15 is 0 Å². The van der Waals surface area contributed by atoms with Crippen molar-refractivity contribution < 1.29 is 14.3 Å². The average molecular weight is 368 g/mol. The molecular weight excluding hydrogens is 348 g/mol.